The van der Waals surface area contributed by atoms with Crippen molar-refractivity contribution in [2.75, 3.05) is 13.2 Å². The molecule has 1 N–H and O–H groups in total. The fourth-order valence-electron chi connectivity index (χ4n) is 3.99. The van der Waals surface area contributed by atoms with Crippen molar-refractivity contribution >= 4 is 18.0 Å². The summed E-state index contributed by atoms with van der Waals surface area (Å²) in [7, 11) is 0. The van der Waals surface area contributed by atoms with Crippen LogP contribution in [0.3, 0.4) is 0 Å². The lowest BCUT2D eigenvalue weighted by atomic mass is 9.89. The van der Waals surface area contributed by atoms with E-state index in [0.29, 0.717) is 12.8 Å². The SMILES string of the molecule is CCOC(=O)C(C1CC1)[C@H]1[C@H](NC(=O)C(F)(F)F)CCN1C(=O)OCc1ccccc1. The van der Waals surface area contributed by atoms with Gasteiger partial charge in [-0.25, -0.2) is 4.79 Å². The molecule has 1 heterocycles. The first kappa shape index (κ1) is 22.9. The van der Waals surface area contributed by atoms with E-state index in [4.69, 9.17) is 9.47 Å². The Labute approximate surface area is 177 Å². The number of hydrogen-bond acceptors (Lipinski definition) is 5. The predicted molar refractivity (Wildman–Crippen MR) is 103 cm³/mol. The minimum atomic E-state index is -5.06. The van der Waals surface area contributed by atoms with Gasteiger partial charge in [0.1, 0.15) is 6.61 Å². The average molecular weight is 442 g/mol. The first-order valence-corrected chi connectivity index (χ1v) is 10.2. The average Bonchev–Trinajstić information content (AvgIpc) is 3.47. The van der Waals surface area contributed by atoms with Gasteiger partial charge in [-0.05, 0) is 37.7 Å². The Morgan fingerprint density at radius 1 is 1.13 bits per heavy atom. The molecule has 1 aliphatic heterocycles. The molecular formula is C21H25F3N2O5. The third-order valence-electron chi connectivity index (χ3n) is 5.52. The van der Waals surface area contributed by atoms with Crippen molar-refractivity contribution in [1.82, 2.24) is 10.2 Å². The molecule has 31 heavy (non-hydrogen) atoms. The number of hydrogen-bond donors (Lipinski definition) is 1. The minimum Gasteiger partial charge on any atom is -0.466 e. The van der Waals surface area contributed by atoms with Crippen LogP contribution >= 0.6 is 0 Å². The molecule has 0 aromatic heterocycles. The highest BCUT2D eigenvalue weighted by atomic mass is 19.4. The van der Waals surface area contributed by atoms with Gasteiger partial charge in [0, 0.05) is 6.54 Å². The van der Waals surface area contributed by atoms with Crippen molar-refractivity contribution in [2.24, 2.45) is 11.8 Å². The topological polar surface area (TPSA) is 84.9 Å². The van der Waals surface area contributed by atoms with E-state index >= 15 is 0 Å². The Hall–Kier alpha value is -2.78. The fourth-order valence-corrected chi connectivity index (χ4v) is 3.99. The third kappa shape index (κ3) is 5.68. The summed E-state index contributed by atoms with van der Waals surface area (Å²) in [6, 6.07) is 6.92. The van der Waals surface area contributed by atoms with Gasteiger partial charge in [0.25, 0.3) is 0 Å². The first-order valence-electron chi connectivity index (χ1n) is 10.2. The van der Waals surface area contributed by atoms with E-state index in [1.54, 1.807) is 31.2 Å². The second kappa shape index (κ2) is 9.57. The molecule has 1 saturated heterocycles. The van der Waals surface area contributed by atoms with Crippen LogP contribution in [0.4, 0.5) is 18.0 Å². The zero-order valence-corrected chi connectivity index (χ0v) is 17.1. The lowest BCUT2D eigenvalue weighted by Crippen LogP contribution is -2.55. The number of benzene rings is 1. The number of carbonyl (C=O) groups is 3. The number of alkyl halides is 3. The first-order chi connectivity index (χ1) is 14.7. The Morgan fingerprint density at radius 3 is 2.39 bits per heavy atom. The summed E-state index contributed by atoms with van der Waals surface area (Å²) in [5, 5.41) is 1.97. The molecule has 10 heteroatoms. The molecular weight excluding hydrogens is 417 g/mol. The molecule has 1 unspecified atom stereocenters. The van der Waals surface area contributed by atoms with Gasteiger partial charge in [0.05, 0.1) is 24.6 Å². The number of amides is 2. The van der Waals surface area contributed by atoms with E-state index in [9.17, 15) is 27.6 Å². The second-order valence-corrected chi connectivity index (χ2v) is 7.71. The standard InChI is InChI=1S/C21H25F3N2O5/c1-2-30-18(27)16(14-8-9-14)17-15(25-19(28)21(22,23)24)10-11-26(17)20(29)31-12-13-6-4-3-5-7-13/h3-7,14-17H,2,8-12H2,1H3,(H,25,28)/t15-,16?,17-/m1/s1. The number of nitrogens with zero attached hydrogens (tertiary/aromatic N) is 1. The number of esters is 1. The van der Waals surface area contributed by atoms with Crippen molar-refractivity contribution in [3.8, 4) is 0 Å². The van der Waals surface area contributed by atoms with Crippen LogP contribution in [0.5, 0.6) is 0 Å². The Bertz CT molecular complexity index is 798. The molecule has 3 rings (SSSR count). The number of carbonyl (C=O) groups excluding carboxylic acids is 3. The highest BCUT2D eigenvalue weighted by Gasteiger charge is 2.53. The van der Waals surface area contributed by atoms with Crippen molar-refractivity contribution in [3.63, 3.8) is 0 Å². The number of ether oxygens (including phenoxy) is 2. The monoisotopic (exact) mass is 442 g/mol. The van der Waals surface area contributed by atoms with Gasteiger partial charge in [-0.3, -0.25) is 9.59 Å². The molecule has 2 fully saturated rings. The van der Waals surface area contributed by atoms with E-state index in [-0.39, 0.29) is 32.1 Å². The number of rotatable bonds is 7. The highest BCUT2D eigenvalue weighted by Crippen LogP contribution is 2.43. The van der Waals surface area contributed by atoms with Gasteiger partial charge in [-0.1, -0.05) is 30.3 Å². The van der Waals surface area contributed by atoms with Gasteiger partial charge in [-0.2, -0.15) is 13.2 Å². The van der Waals surface area contributed by atoms with E-state index in [1.807, 2.05) is 11.4 Å². The van der Waals surface area contributed by atoms with Crippen LogP contribution in [0.2, 0.25) is 0 Å². The maximum Gasteiger partial charge on any atom is 0.471 e. The number of halogens is 3. The molecule has 2 aliphatic rings. The molecule has 1 saturated carbocycles. The molecule has 1 aliphatic carbocycles. The summed E-state index contributed by atoms with van der Waals surface area (Å²) in [5.41, 5.74) is 0.748. The summed E-state index contributed by atoms with van der Waals surface area (Å²) < 4.78 is 49.0. The summed E-state index contributed by atoms with van der Waals surface area (Å²) in [4.78, 5) is 38.3. The van der Waals surface area contributed by atoms with Gasteiger partial charge >= 0.3 is 24.1 Å². The van der Waals surface area contributed by atoms with E-state index < -0.39 is 42.1 Å². The molecule has 7 nitrogen and oxygen atoms in total. The number of likely N-dealkylation sites (tertiary alicyclic amines) is 1. The normalized spacial score (nSPS) is 22.0. The lowest BCUT2D eigenvalue weighted by Gasteiger charge is -2.33. The predicted octanol–water partition coefficient (Wildman–Crippen LogP) is 3.03. The van der Waals surface area contributed by atoms with Gasteiger partial charge in [0.15, 0.2) is 0 Å². The maximum absolute atomic E-state index is 12.8. The lowest BCUT2D eigenvalue weighted by molar-refractivity contribution is -0.174. The molecule has 1 aromatic carbocycles. The van der Waals surface area contributed by atoms with Gasteiger partial charge in [0.2, 0.25) is 0 Å². The molecule has 2 amide bonds. The summed E-state index contributed by atoms with van der Waals surface area (Å²) >= 11 is 0. The smallest absolute Gasteiger partial charge is 0.466 e. The van der Waals surface area contributed by atoms with E-state index in [0.717, 1.165) is 5.56 Å². The molecule has 0 radical (unpaired) electrons. The second-order valence-electron chi connectivity index (χ2n) is 7.71. The molecule has 3 atom stereocenters. The summed E-state index contributed by atoms with van der Waals surface area (Å²) in [6.07, 6.45) is -4.33. The van der Waals surface area contributed by atoms with Crippen LogP contribution in [-0.2, 0) is 25.7 Å². The summed E-state index contributed by atoms with van der Waals surface area (Å²) in [5.74, 6) is -3.62. The quantitative estimate of drug-likeness (QED) is 0.657. The van der Waals surface area contributed by atoms with Gasteiger partial charge < -0.3 is 19.7 Å². The van der Waals surface area contributed by atoms with Crippen LogP contribution in [0.25, 0.3) is 0 Å². The molecule has 170 valence electrons. The Balaban J connectivity index is 1.80. The third-order valence-corrected chi connectivity index (χ3v) is 5.52. The van der Waals surface area contributed by atoms with Crippen LogP contribution < -0.4 is 5.32 Å². The minimum absolute atomic E-state index is 0.0179. The zero-order valence-electron chi connectivity index (χ0n) is 17.1. The van der Waals surface area contributed by atoms with E-state index in [2.05, 4.69) is 0 Å². The Morgan fingerprint density at radius 2 is 1.81 bits per heavy atom. The maximum atomic E-state index is 12.8. The fraction of sp³-hybridized carbons (Fsp3) is 0.571. The van der Waals surface area contributed by atoms with Crippen molar-refractivity contribution < 1.29 is 37.0 Å². The Kier molecular flexibility index (Phi) is 7.07. The zero-order chi connectivity index (χ0) is 22.6. The number of nitrogens with one attached hydrogen (secondary N) is 1. The van der Waals surface area contributed by atoms with E-state index in [1.165, 1.54) is 4.90 Å². The summed E-state index contributed by atoms with van der Waals surface area (Å²) in [6.45, 7) is 1.78. The molecule has 1 aromatic rings. The molecule has 0 bridgehead atoms. The van der Waals surface area contributed by atoms with Crippen molar-refractivity contribution in [3.05, 3.63) is 35.9 Å². The van der Waals surface area contributed by atoms with Crippen LogP contribution in [-0.4, -0.2) is 54.3 Å². The van der Waals surface area contributed by atoms with Crippen molar-refractivity contribution in [1.29, 1.82) is 0 Å². The largest absolute Gasteiger partial charge is 0.471 e. The van der Waals surface area contributed by atoms with Crippen LogP contribution in [0.1, 0.15) is 31.7 Å². The van der Waals surface area contributed by atoms with Crippen LogP contribution in [0, 0.1) is 11.8 Å². The van der Waals surface area contributed by atoms with Crippen LogP contribution in [0.15, 0.2) is 30.3 Å². The van der Waals surface area contributed by atoms with Gasteiger partial charge in [-0.15, -0.1) is 0 Å². The highest BCUT2D eigenvalue weighted by molar-refractivity contribution is 5.83. The molecule has 0 spiro atoms. The van der Waals surface area contributed by atoms with Crippen molar-refractivity contribution in [2.45, 2.75) is 51.1 Å².